The van der Waals surface area contributed by atoms with Gasteiger partial charge in [0.25, 0.3) is 0 Å². The molecule has 0 saturated carbocycles. The average Bonchev–Trinajstić information content (AvgIpc) is 2.47. The summed E-state index contributed by atoms with van der Waals surface area (Å²) in [4.78, 5) is 25.3. The summed E-state index contributed by atoms with van der Waals surface area (Å²) in [5, 5.41) is 20.7. The number of aliphatic imine (C=N–C) groups is 1. The number of nitrogens with two attached hydrogens (primary N) is 1. The maximum Gasteiger partial charge on any atom is 0.311 e. The number of amides is 1. The van der Waals surface area contributed by atoms with E-state index >= 15 is 0 Å². The first-order chi connectivity index (χ1) is 10.4. The van der Waals surface area contributed by atoms with Crippen LogP contribution in [0.4, 0.5) is 11.4 Å². The highest BCUT2D eigenvalue weighted by Gasteiger charge is 2.16. The van der Waals surface area contributed by atoms with Gasteiger partial charge >= 0.3 is 5.69 Å². The Morgan fingerprint density at radius 1 is 1.32 bits per heavy atom. The van der Waals surface area contributed by atoms with Gasteiger partial charge in [0.2, 0.25) is 11.7 Å². The molecule has 1 amide bonds. The van der Waals surface area contributed by atoms with Crippen LogP contribution in [0, 0.1) is 17.0 Å². The fraction of sp³-hybridized carbons (Fsp3) is 0.0667. The minimum Gasteiger partial charge on any atom is -0.502 e. The molecule has 3 N–H and O–H groups in total. The highest BCUT2D eigenvalue weighted by molar-refractivity contribution is 5.93. The van der Waals surface area contributed by atoms with Crippen LogP contribution in [0.1, 0.15) is 21.5 Å². The van der Waals surface area contributed by atoms with Gasteiger partial charge in [-0.25, -0.2) is 0 Å². The minimum atomic E-state index is -0.651. The topological polar surface area (TPSA) is 119 Å². The number of phenolic OH excluding ortho intramolecular Hbond substituents is 1. The molecular formula is C15H13N3O4. The van der Waals surface area contributed by atoms with E-state index in [-0.39, 0.29) is 11.3 Å². The Labute approximate surface area is 125 Å². The predicted molar refractivity (Wildman–Crippen MR) is 81.7 cm³/mol. The molecule has 0 aliphatic heterocycles. The number of primary amides is 1. The van der Waals surface area contributed by atoms with Crippen molar-refractivity contribution in [1.29, 1.82) is 0 Å². The Balaban J connectivity index is 2.34. The summed E-state index contributed by atoms with van der Waals surface area (Å²) < 4.78 is 0. The second-order valence-electron chi connectivity index (χ2n) is 4.65. The molecule has 2 rings (SSSR count). The van der Waals surface area contributed by atoms with Crippen molar-refractivity contribution in [3.8, 4) is 5.75 Å². The van der Waals surface area contributed by atoms with Gasteiger partial charge in [0.15, 0.2) is 0 Å². The van der Waals surface area contributed by atoms with Crippen LogP contribution in [0.3, 0.4) is 0 Å². The van der Waals surface area contributed by atoms with Crippen molar-refractivity contribution in [2.45, 2.75) is 6.92 Å². The van der Waals surface area contributed by atoms with Crippen molar-refractivity contribution in [2.24, 2.45) is 10.7 Å². The molecule has 112 valence electrons. The lowest BCUT2D eigenvalue weighted by molar-refractivity contribution is -0.385. The molecule has 0 unspecified atom stereocenters. The molecule has 0 saturated heterocycles. The Bertz CT molecular complexity index is 767. The third-order valence-corrected chi connectivity index (χ3v) is 2.96. The average molecular weight is 299 g/mol. The molecule has 0 aromatic heterocycles. The summed E-state index contributed by atoms with van der Waals surface area (Å²) in [6.07, 6.45) is 1.33. The summed E-state index contributed by atoms with van der Waals surface area (Å²) in [5.74, 6) is -0.976. The molecule has 0 atom stereocenters. The van der Waals surface area contributed by atoms with Gasteiger partial charge in [-0.2, -0.15) is 0 Å². The first-order valence-electron chi connectivity index (χ1n) is 6.30. The largest absolute Gasteiger partial charge is 0.502 e. The van der Waals surface area contributed by atoms with Crippen LogP contribution >= 0.6 is 0 Å². The number of hydrogen-bond acceptors (Lipinski definition) is 5. The van der Waals surface area contributed by atoms with Gasteiger partial charge < -0.3 is 10.8 Å². The van der Waals surface area contributed by atoms with Crippen molar-refractivity contribution in [3.63, 3.8) is 0 Å². The van der Waals surface area contributed by atoms with E-state index in [0.29, 0.717) is 16.8 Å². The Morgan fingerprint density at radius 2 is 1.95 bits per heavy atom. The van der Waals surface area contributed by atoms with Crippen molar-refractivity contribution in [2.75, 3.05) is 0 Å². The van der Waals surface area contributed by atoms with Crippen molar-refractivity contribution in [1.82, 2.24) is 0 Å². The SMILES string of the molecule is Cc1cc(C=Nc2ccc(C(N)=O)cc2)c(O)c([N+](=O)[O-])c1. The van der Waals surface area contributed by atoms with E-state index in [4.69, 9.17) is 5.73 Å². The summed E-state index contributed by atoms with van der Waals surface area (Å²) in [7, 11) is 0. The molecule has 0 aliphatic rings. The van der Waals surface area contributed by atoms with Crippen molar-refractivity contribution < 1.29 is 14.8 Å². The van der Waals surface area contributed by atoms with Crippen LogP contribution in [0.15, 0.2) is 41.4 Å². The Morgan fingerprint density at radius 3 is 2.50 bits per heavy atom. The van der Waals surface area contributed by atoms with Crippen LogP contribution in [0.2, 0.25) is 0 Å². The lowest BCUT2D eigenvalue weighted by Crippen LogP contribution is -2.10. The molecule has 0 spiro atoms. The summed E-state index contributed by atoms with van der Waals surface area (Å²) in [6, 6.07) is 9.08. The zero-order valence-electron chi connectivity index (χ0n) is 11.7. The van der Waals surface area contributed by atoms with Gasteiger partial charge in [-0.3, -0.25) is 19.9 Å². The third kappa shape index (κ3) is 3.26. The number of carbonyl (C=O) groups is 1. The number of nitrogens with zero attached hydrogens (tertiary/aromatic N) is 2. The van der Waals surface area contributed by atoms with Gasteiger partial charge in [-0.15, -0.1) is 0 Å². The Hall–Kier alpha value is -3.22. The molecule has 2 aromatic carbocycles. The molecule has 0 fully saturated rings. The molecule has 22 heavy (non-hydrogen) atoms. The van der Waals surface area contributed by atoms with Crippen LogP contribution in [-0.4, -0.2) is 22.2 Å². The quantitative estimate of drug-likeness (QED) is 0.512. The van der Waals surface area contributed by atoms with Gasteiger partial charge in [0, 0.05) is 23.4 Å². The number of benzene rings is 2. The van der Waals surface area contributed by atoms with Gasteiger partial charge in [0.1, 0.15) is 0 Å². The maximum atomic E-state index is 11.0. The van der Waals surface area contributed by atoms with Gasteiger partial charge in [0.05, 0.1) is 10.6 Å². The molecule has 7 nitrogen and oxygen atoms in total. The second-order valence-corrected chi connectivity index (χ2v) is 4.65. The Kier molecular flexibility index (Phi) is 4.17. The summed E-state index contributed by atoms with van der Waals surface area (Å²) in [5.41, 5.74) is 6.52. The van der Waals surface area contributed by atoms with E-state index in [1.54, 1.807) is 25.1 Å². The number of nitro groups is 1. The van der Waals surface area contributed by atoms with Crippen molar-refractivity contribution >= 4 is 23.5 Å². The van der Waals surface area contributed by atoms with Gasteiger partial charge in [-0.05, 0) is 42.8 Å². The predicted octanol–water partition coefficient (Wildman–Crippen LogP) is 2.46. The van der Waals surface area contributed by atoms with E-state index in [9.17, 15) is 20.0 Å². The number of carbonyl (C=O) groups excluding carboxylic acids is 1. The third-order valence-electron chi connectivity index (χ3n) is 2.96. The number of aromatic hydroxyl groups is 1. The molecule has 2 aromatic rings. The van der Waals surface area contributed by atoms with Crippen LogP contribution in [0.5, 0.6) is 5.75 Å². The number of hydrogen-bond donors (Lipinski definition) is 2. The highest BCUT2D eigenvalue weighted by Crippen LogP contribution is 2.30. The zero-order chi connectivity index (χ0) is 16.3. The standard InChI is InChI=1S/C15H13N3O4/c1-9-6-11(14(19)13(7-9)18(21)22)8-17-12-4-2-10(3-5-12)15(16)20/h2-8,19H,1H3,(H2,16,20). The smallest absolute Gasteiger partial charge is 0.311 e. The molecule has 7 heteroatoms. The number of aryl methyl sites for hydroxylation is 1. The van der Waals surface area contributed by atoms with E-state index in [1.165, 1.54) is 24.4 Å². The summed E-state index contributed by atoms with van der Waals surface area (Å²) in [6.45, 7) is 1.69. The zero-order valence-corrected chi connectivity index (χ0v) is 11.7. The molecule has 0 bridgehead atoms. The van der Waals surface area contributed by atoms with Crippen LogP contribution < -0.4 is 5.73 Å². The molecule has 0 heterocycles. The summed E-state index contributed by atoms with van der Waals surface area (Å²) >= 11 is 0. The monoisotopic (exact) mass is 299 g/mol. The number of rotatable bonds is 4. The minimum absolute atomic E-state index is 0.241. The van der Waals surface area contributed by atoms with Crippen LogP contribution in [-0.2, 0) is 0 Å². The van der Waals surface area contributed by atoms with Crippen LogP contribution in [0.25, 0.3) is 0 Å². The fourth-order valence-electron chi connectivity index (χ4n) is 1.88. The molecule has 0 radical (unpaired) electrons. The molecule has 0 aliphatic carbocycles. The van der Waals surface area contributed by atoms with E-state index in [2.05, 4.69) is 4.99 Å². The second kappa shape index (κ2) is 6.04. The lowest BCUT2D eigenvalue weighted by atomic mass is 10.1. The maximum absolute atomic E-state index is 11.0. The first kappa shape index (κ1) is 15.2. The van der Waals surface area contributed by atoms with E-state index in [0.717, 1.165) is 0 Å². The number of phenols is 1. The number of nitro benzene ring substituents is 1. The fourth-order valence-corrected chi connectivity index (χ4v) is 1.88. The molecular weight excluding hydrogens is 286 g/mol. The van der Waals surface area contributed by atoms with E-state index in [1.807, 2.05) is 0 Å². The normalized spacial score (nSPS) is 10.8. The highest BCUT2D eigenvalue weighted by atomic mass is 16.6. The lowest BCUT2D eigenvalue weighted by Gasteiger charge is -2.02. The first-order valence-corrected chi connectivity index (χ1v) is 6.30. The van der Waals surface area contributed by atoms with E-state index < -0.39 is 16.6 Å². The van der Waals surface area contributed by atoms with Gasteiger partial charge in [-0.1, -0.05) is 0 Å². The van der Waals surface area contributed by atoms with Crippen molar-refractivity contribution in [3.05, 3.63) is 63.2 Å².